The highest BCUT2D eigenvalue weighted by molar-refractivity contribution is 6.30. The lowest BCUT2D eigenvalue weighted by Crippen LogP contribution is -2.37. The van der Waals surface area contributed by atoms with Crippen molar-refractivity contribution < 1.29 is 9.53 Å². The van der Waals surface area contributed by atoms with Crippen molar-refractivity contribution >= 4 is 17.5 Å². The highest BCUT2D eigenvalue weighted by Gasteiger charge is 2.29. The average Bonchev–Trinajstić information content (AvgIpc) is 2.87. The minimum Gasteiger partial charge on any atom is -0.383 e. The third kappa shape index (κ3) is 5.27. The molecule has 0 radical (unpaired) electrons. The third-order valence-corrected chi connectivity index (χ3v) is 4.40. The van der Waals surface area contributed by atoms with E-state index in [0.29, 0.717) is 12.5 Å². The first kappa shape index (κ1) is 17.3. The van der Waals surface area contributed by atoms with Gasteiger partial charge in [0.05, 0.1) is 6.61 Å². The summed E-state index contributed by atoms with van der Waals surface area (Å²) in [4.78, 5) is 14.1. The Balaban J connectivity index is 1.76. The van der Waals surface area contributed by atoms with Gasteiger partial charge in [-0.2, -0.15) is 0 Å². The summed E-state index contributed by atoms with van der Waals surface area (Å²) in [6.07, 6.45) is 3.56. The first-order valence-electron chi connectivity index (χ1n) is 7.94. The van der Waals surface area contributed by atoms with Gasteiger partial charge in [-0.3, -0.25) is 4.79 Å². The highest BCUT2D eigenvalue weighted by Crippen LogP contribution is 2.21. The van der Waals surface area contributed by atoms with Gasteiger partial charge in [-0.1, -0.05) is 23.7 Å². The van der Waals surface area contributed by atoms with Gasteiger partial charge in [-0.05, 0) is 43.5 Å². The van der Waals surface area contributed by atoms with Crippen molar-refractivity contribution in [2.75, 3.05) is 33.4 Å². The maximum atomic E-state index is 12.1. The van der Waals surface area contributed by atoms with E-state index < -0.39 is 0 Å². The van der Waals surface area contributed by atoms with E-state index in [4.69, 9.17) is 16.3 Å². The van der Waals surface area contributed by atoms with Crippen LogP contribution in [0.4, 0.5) is 0 Å². The third-order valence-electron chi connectivity index (χ3n) is 4.14. The fourth-order valence-corrected chi connectivity index (χ4v) is 3.00. The number of ether oxygens (including phenoxy) is 1. The summed E-state index contributed by atoms with van der Waals surface area (Å²) >= 11 is 5.90. The SMILES string of the molecule is COCCNCCC1CCC(=O)N1CCc1ccc(Cl)cc1. The largest absolute Gasteiger partial charge is 0.383 e. The quantitative estimate of drug-likeness (QED) is 0.710. The molecule has 1 amide bonds. The van der Waals surface area contributed by atoms with Crippen LogP contribution in [-0.2, 0) is 16.0 Å². The molecular weight excluding hydrogens is 300 g/mol. The van der Waals surface area contributed by atoms with Crippen LogP contribution in [0.25, 0.3) is 0 Å². The zero-order valence-electron chi connectivity index (χ0n) is 13.2. The van der Waals surface area contributed by atoms with Crippen LogP contribution in [0.5, 0.6) is 0 Å². The molecule has 0 bridgehead atoms. The molecule has 2 rings (SSSR count). The molecule has 0 aliphatic carbocycles. The Hall–Kier alpha value is -1.10. The Morgan fingerprint density at radius 1 is 1.32 bits per heavy atom. The van der Waals surface area contributed by atoms with Gasteiger partial charge in [0.2, 0.25) is 5.91 Å². The van der Waals surface area contributed by atoms with Crippen LogP contribution in [0, 0.1) is 0 Å². The number of benzene rings is 1. The maximum Gasteiger partial charge on any atom is 0.222 e. The first-order valence-corrected chi connectivity index (χ1v) is 8.32. The molecule has 1 aromatic carbocycles. The normalized spacial score (nSPS) is 18.2. The van der Waals surface area contributed by atoms with Crippen LogP contribution in [0.3, 0.4) is 0 Å². The molecule has 5 heteroatoms. The van der Waals surface area contributed by atoms with Crippen LogP contribution in [-0.4, -0.2) is 50.2 Å². The molecule has 1 saturated heterocycles. The summed E-state index contributed by atoms with van der Waals surface area (Å²) in [5, 5.41) is 4.10. The summed E-state index contributed by atoms with van der Waals surface area (Å²) in [5.41, 5.74) is 1.22. The smallest absolute Gasteiger partial charge is 0.222 e. The molecule has 1 aliphatic rings. The van der Waals surface area contributed by atoms with E-state index in [1.807, 2.05) is 29.2 Å². The number of carbonyl (C=O) groups is 1. The van der Waals surface area contributed by atoms with Crippen molar-refractivity contribution in [3.05, 3.63) is 34.9 Å². The Bertz CT molecular complexity index is 464. The zero-order chi connectivity index (χ0) is 15.8. The Morgan fingerprint density at radius 3 is 2.82 bits per heavy atom. The number of hydrogen-bond acceptors (Lipinski definition) is 3. The second-order valence-corrected chi connectivity index (χ2v) is 6.12. The van der Waals surface area contributed by atoms with Crippen molar-refractivity contribution in [2.24, 2.45) is 0 Å². The number of rotatable bonds is 9. The molecule has 1 atom stereocenters. The lowest BCUT2D eigenvalue weighted by atomic mass is 10.1. The van der Waals surface area contributed by atoms with E-state index in [0.717, 1.165) is 50.5 Å². The van der Waals surface area contributed by atoms with Gasteiger partial charge < -0.3 is 15.0 Å². The molecule has 22 heavy (non-hydrogen) atoms. The summed E-state index contributed by atoms with van der Waals surface area (Å²) in [7, 11) is 1.70. The van der Waals surface area contributed by atoms with Crippen LogP contribution in [0.2, 0.25) is 5.02 Å². The average molecular weight is 325 g/mol. The molecule has 1 N–H and O–H groups in total. The van der Waals surface area contributed by atoms with Crippen molar-refractivity contribution in [3.63, 3.8) is 0 Å². The fourth-order valence-electron chi connectivity index (χ4n) is 2.87. The van der Waals surface area contributed by atoms with E-state index >= 15 is 0 Å². The highest BCUT2D eigenvalue weighted by atomic mass is 35.5. The zero-order valence-corrected chi connectivity index (χ0v) is 13.9. The molecule has 1 heterocycles. The minimum absolute atomic E-state index is 0.288. The standard InChI is InChI=1S/C17H25ClN2O2/c1-22-13-11-19-10-8-16-6-7-17(21)20(16)12-9-14-2-4-15(18)5-3-14/h2-5,16,19H,6-13H2,1H3. The molecule has 0 aromatic heterocycles. The van der Waals surface area contributed by atoms with Gasteiger partial charge in [0, 0.05) is 37.7 Å². The van der Waals surface area contributed by atoms with Crippen molar-refractivity contribution in [2.45, 2.75) is 31.7 Å². The Kier molecular flexibility index (Phi) is 7.16. The van der Waals surface area contributed by atoms with Crippen LogP contribution < -0.4 is 5.32 Å². The van der Waals surface area contributed by atoms with Gasteiger partial charge in [0.25, 0.3) is 0 Å². The predicted molar refractivity (Wildman–Crippen MR) is 89.3 cm³/mol. The van der Waals surface area contributed by atoms with Gasteiger partial charge in [-0.25, -0.2) is 0 Å². The summed E-state index contributed by atoms with van der Waals surface area (Å²) < 4.78 is 5.01. The number of nitrogens with zero attached hydrogens (tertiary/aromatic N) is 1. The number of nitrogens with one attached hydrogen (secondary N) is 1. The van der Waals surface area contributed by atoms with E-state index in [1.165, 1.54) is 5.56 Å². The van der Waals surface area contributed by atoms with Crippen molar-refractivity contribution in [1.82, 2.24) is 10.2 Å². The Labute approximate surface area is 137 Å². The minimum atomic E-state index is 0.288. The molecule has 4 nitrogen and oxygen atoms in total. The molecule has 1 aromatic rings. The molecule has 122 valence electrons. The number of carbonyl (C=O) groups excluding carboxylic acids is 1. The number of methoxy groups -OCH3 is 1. The van der Waals surface area contributed by atoms with Crippen LogP contribution in [0.1, 0.15) is 24.8 Å². The molecule has 0 spiro atoms. The molecule has 0 saturated carbocycles. The van der Waals surface area contributed by atoms with Crippen LogP contribution in [0.15, 0.2) is 24.3 Å². The predicted octanol–water partition coefficient (Wildman–Crippen LogP) is 2.50. The van der Waals surface area contributed by atoms with Gasteiger partial charge in [0.15, 0.2) is 0 Å². The van der Waals surface area contributed by atoms with Gasteiger partial charge >= 0.3 is 0 Å². The number of hydrogen-bond donors (Lipinski definition) is 1. The second-order valence-electron chi connectivity index (χ2n) is 5.69. The van der Waals surface area contributed by atoms with Crippen molar-refractivity contribution in [1.29, 1.82) is 0 Å². The molecule has 1 aliphatic heterocycles. The van der Waals surface area contributed by atoms with Gasteiger partial charge in [0.1, 0.15) is 0 Å². The van der Waals surface area contributed by atoms with E-state index in [1.54, 1.807) is 7.11 Å². The number of likely N-dealkylation sites (tertiary alicyclic amines) is 1. The summed E-state index contributed by atoms with van der Waals surface area (Å²) in [5.74, 6) is 0.288. The lowest BCUT2D eigenvalue weighted by Gasteiger charge is -2.25. The fraction of sp³-hybridized carbons (Fsp3) is 0.588. The van der Waals surface area contributed by atoms with Gasteiger partial charge in [-0.15, -0.1) is 0 Å². The number of halogens is 1. The van der Waals surface area contributed by atoms with Crippen molar-refractivity contribution in [3.8, 4) is 0 Å². The summed E-state index contributed by atoms with van der Waals surface area (Å²) in [6, 6.07) is 8.24. The monoisotopic (exact) mass is 324 g/mol. The number of amides is 1. The second kappa shape index (κ2) is 9.13. The van der Waals surface area contributed by atoms with Crippen LogP contribution >= 0.6 is 11.6 Å². The molecule has 1 fully saturated rings. The Morgan fingerprint density at radius 2 is 2.09 bits per heavy atom. The lowest BCUT2D eigenvalue weighted by molar-refractivity contribution is -0.129. The molecular formula is C17H25ClN2O2. The maximum absolute atomic E-state index is 12.1. The summed E-state index contributed by atoms with van der Waals surface area (Å²) in [6.45, 7) is 3.31. The van der Waals surface area contributed by atoms with E-state index in [2.05, 4.69) is 5.32 Å². The van der Waals surface area contributed by atoms with E-state index in [9.17, 15) is 4.79 Å². The topological polar surface area (TPSA) is 41.6 Å². The van der Waals surface area contributed by atoms with E-state index in [-0.39, 0.29) is 5.91 Å². The first-order chi connectivity index (χ1) is 10.7. The molecule has 1 unspecified atom stereocenters.